The van der Waals surface area contributed by atoms with Crippen molar-refractivity contribution in [3.05, 3.63) is 22.2 Å². The molecule has 0 aliphatic heterocycles. The van der Waals surface area contributed by atoms with E-state index in [4.69, 9.17) is 12.2 Å². The molecular formula is C8H9F3N2OS. The molecule has 1 rings (SSSR count). The maximum Gasteiger partial charge on any atom is 0.411 e. The monoisotopic (exact) mass is 238 g/mol. The predicted molar refractivity (Wildman–Crippen MR) is 49.9 cm³/mol. The van der Waals surface area contributed by atoms with Crippen molar-refractivity contribution >= 4 is 12.2 Å². The molecule has 1 aromatic heterocycles. The highest BCUT2D eigenvalue weighted by atomic mass is 32.1. The molecule has 7 heteroatoms. The molecule has 1 aromatic rings. The second-order valence-corrected chi connectivity index (χ2v) is 3.38. The Labute approximate surface area is 89.3 Å². The number of aromatic amines is 1. The highest BCUT2D eigenvalue weighted by Crippen LogP contribution is 2.14. The number of ether oxygens (including phenoxy) is 1. The van der Waals surface area contributed by atoms with Crippen LogP contribution in [-0.2, 0) is 11.3 Å². The largest absolute Gasteiger partial charge is 0.411 e. The Morgan fingerprint density at radius 3 is 2.73 bits per heavy atom. The molecule has 0 atom stereocenters. The van der Waals surface area contributed by atoms with E-state index < -0.39 is 12.8 Å². The summed E-state index contributed by atoms with van der Waals surface area (Å²) in [6.07, 6.45) is -4.32. The van der Waals surface area contributed by atoms with E-state index >= 15 is 0 Å². The molecule has 84 valence electrons. The zero-order chi connectivity index (χ0) is 11.5. The fraction of sp³-hybridized carbons (Fsp3) is 0.500. The molecule has 15 heavy (non-hydrogen) atoms. The number of H-pyrrole nitrogens is 1. The van der Waals surface area contributed by atoms with E-state index in [1.807, 2.05) is 0 Å². The zero-order valence-electron chi connectivity index (χ0n) is 7.89. The van der Waals surface area contributed by atoms with E-state index in [2.05, 4.69) is 14.7 Å². The lowest BCUT2D eigenvalue weighted by molar-refractivity contribution is -0.177. The quantitative estimate of drug-likeness (QED) is 0.822. The van der Waals surface area contributed by atoms with Crippen molar-refractivity contribution in [3.8, 4) is 0 Å². The van der Waals surface area contributed by atoms with E-state index in [1.165, 1.54) is 0 Å². The van der Waals surface area contributed by atoms with Gasteiger partial charge in [0.2, 0.25) is 0 Å². The number of hydrogen-bond acceptors (Lipinski definition) is 3. The van der Waals surface area contributed by atoms with Gasteiger partial charge in [-0.05, 0) is 13.0 Å². The number of rotatable bonds is 3. The van der Waals surface area contributed by atoms with Crippen molar-refractivity contribution in [2.75, 3.05) is 6.61 Å². The van der Waals surface area contributed by atoms with E-state index in [9.17, 15) is 13.2 Å². The average Bonchev–Trinajstić information content (AvgIpc) is 1.99. The van der Waals surface area contributed by atoms with Gasteiger partial charge < -0.3 is 9.72 Å². The Bertz CT molecular complexity index is 388. The minimum atomic E-state index is -4.32. The van der Waals surface area contributed by atoms with Gasteiger partial charge in [0.1, 0.15) is 23.7 Å². The van der Waals surface area contributed by atoms with Gasteiger partial charge in [0, 0.05) is 5.69 Å². The highest BCUT2D eigenvalue weighted by molar-refractivity contribution is 7.71. The van der Waals surface area contributed by atoms with Crippen LogP contribution in [0.3, 0.4) is 0 Å². The summed E-state index contributed by atoms with van der Waals surface area (Å²) in [5.74, 6) is 0.296. The average molecular weight is 238 g/mol. The van der Waals surface area contributed by atoms with Gasteiger partial charge in [-0.1, -0.05) is 12.2 Å². The van der Waals surface area contributed by atoms with Crippen molar-refractivity contribution < 1.29 is 17.9 Å². The fourth-order valence-electron chi connectivity index (χ4n) is 0.974. The lowest BCUT2D eigenvalue weighted by atomic mass is 10.4. The minimum Gasteiger partial charge on any atom is -0.364 e. The van der Waals surface area contributed by atoms with Gasteiger partial charge in [0.25, 0.3) is 0 Å². The first-order chi connectivity index (χ1) is 6.87. The molecule has 0 saturated heterocycles. The van der Waals surface area contributed by atoms with Crippen LogP contribution in [0, 0.1) is 11.6 Å². The number of halogens is 3. The summed E-state index contributed by atoms with van der Waals surface area (Å²) in [6, 6.07) is 1.61. The Balaban J connectivity index is 2.55. The van der Waals surface area contributed by atoms with Gasteiger partial charge in [-0.2, -0.15) is 13.2 Å². The molecule has 0 aliphatic carbocycles. The molecule has 0 radical (unpaired) electrons. The summed E-state index contributed by atoms with van der Waals surface area (Å²) < 4.78 is 40.0. The van der Waals surface area contributed by atoms with Crippen LogP contribution in [0.25, 0.3) is 0 Å². The lowest BCUT2D eigenvalue weighted by Gasteiger charge is -2.07. The number of aromatic nitrogens is 2. The maximum absolute atomic E-state index is 11.7. The number of hydrogen-bond donors (Lipinski definition) is 1. The molecule has 1 N–H and O–H groups in total. The van der Waals surface area contributed by atoms with Crippen molar-refractivity contribution in [3.63, 3.8) is 0 Å². The molecule has 0 saturated carbocycles. The highest BCUT2D eigenvalue weighted by Gasteiger charge is 2.27. The lowest BCUT2D eigenvalue weighted by Crippen LogP contribution is -2.17. The Kier molecular flexibility index (Phi) is 3.81. The second-order valence-electron chi connectivity index (χ2n) is 2.96. The third kappa shape index (κ3) is 4.89. The van der Waals surface area contributed by atoms with E-state index in [0.717, 1.165) is 5.69 Å². The first-order valence-electron chi connectivity index (χ1n) is 4.08. The fourth-order valence-corrected chi connectivity index (χ4v) is 1.26. The third-order valence-electron chi connectivity index (χ3n) is 1.43. The maximum atomic E-state index is 11.7. The molecule has 0 aromatic carbocycles. The topological polar surface area (TPSA) is 37.9 Å². The predicted octanol–water partition coefficient (Wildman–Crippen LogP) is 2.53. The van der Waals surface area contributed by atoms with Gasteiger partial charge in [-0.3, -0.25) is 0 Å². The Morgan fingerprint density at radius 2 is 2.20 bits per heavy atom. The van der Waals surface area contributed by atoms with Gasteiger partial charge in [0.05, 0.1) is 0 Å². The van der Waals surface area contributed by atoms with Crippen molar-refractivity contribution in [2.45, 2.75) is 19.7 Å². The van der Waals surface area contributed by atoms with Crippen LogP contribution in [0.2, 0.25) is 0 Å². The Hall–Kier alpha value is -0.950. The standard InChI is InChI=1S/C8H9F3N2OS/c1-5-2-7(15)13-6(12-5)3-14-4-8(9,10)11/h2H,3-4H2,1H3,(H,12,13,15). The van der Waals surface area contributed by atoms with Crippen LogP contribution < -0.4 is 0 Å². The zero-order valence-corrected chi connectivity index (χ0v) is 8.71. The van der Waals surface area contributed by atoms with Gasteiger partial charge >= 0.3 is 6.18 Å². The molecule has 0 spiro atoms. The van der Waals surface area contributed by atoms with Crippen LogP contribution in [-0.4, -0.2) is 22.8 Å². The van der Waals surface area contributed by atoms with Crippen LogP contribution in [0.5, 0.6) is 0 Å². The molecule has 0 unspecified atom stereocenters. The minimum absolute atomic E-state index is 0.231. The third-order valence-corrected chi connectivity index (χ3v) is 1.64. The molecule has 3 nitrogen and oxygen atoms in total. The number of aryl methyl sites for hydroxylation is 1. The van der Waals surface area contributed by atoms with Gasteiger partial charge in [-0.25, -0.2) is 4.98 Å². The van der Waals surface area contributed by atoms with E-state index in [-0.39, 0.29) is 6.61 Å². The number of nitrogens with one attached hydrogen (secondary N) is 1. The van der Waals surface area contributed by atoms with E-state index in [0.29, 0.717) is 10.5 Å². The molecule has 0 fully saturated rings. The molecular weight excluding hydrogens is 229 g/mol. The van der Waals surface area contributed by atoms with Crippen LogP contribution in [0.1, 0.15) is 11.5 Å². The van der Waals surface area contributed by atoms with Crippen molar-refractivity contribution in [1.29, 1.82) is 0 Å². The van der Waals surface area contributed by atoms with Gasteiger partial charge in [-0.15, -0.1) is 0 Å². The number of alkyl halides is 3. The van der Waals surface area contributed by atoms with Crippen molar-refractivity contribution in [2.24, 2.45) is 0 Å². The summed E-state index contributed by atoms with van der Waals surface area (Å²) >= 11 is 4.80. The summed E-state index contributed by atoms with van der Waals surface area (Å²) in [5, 5.41) is 0. The normalized spacial score (nSPS) is 11.7. The molecule has 0 bridgehead atoms. The first kappa shape index (κ1) is 12.1. The SMILES string of the molecule is Cc1cc(=S)nc(COCC(F)(F)F)[nH]1. The van der Waals surface area contributed by atoms with Crippen LogP contribution in [0.4, 0.5) is 13.2 Å². The van der Waals surface area contributed by atoms with Crippen LogP contribution >= 0.6 is 12.2 Å². The molecule has 0 aliphatic rings. The van der Waals surface area contributed by atoms with E-state index in [1.54, 1.807) is 13.0 Å². The summed E-state index contributed by atoms with van der Waals surface area (Å²) in [5.41, 5.74) is 0.737. The summed E-state index contributed by atoms with van der Waals surface area (Å²) in [6.45, 7) is 0.221. The number of nitrogens with zero attached hydrogens (tertiary/aromatic N) is 1. The smallest absolute Gasteiger partial charge is 0.364 e. The van der Waals surface area contributed by atoms with Crippen LogP contribution in [0.15, 0.2) is 6.07 Å². The summed E-state index contributed by atoms with van der Waals surface area (Å²) in [4.78, 5) is 6.58. The Morgan fingerprint density at radius 1 is 1.53 bits per heavy atom. The van der Waals surface area contributed by atoms with Crippen molar-refractivity contribution in [1.82, 2.24) is 9.97 Å². The second kappa shape index (κ2) is 4.71. The first-order valence-corrected chi connectivity index (χ1v) is 4.49. The van der Waals surface area contributed by atoms with Gasteiger partial charge in [0.15, 0.2) is 0 Å². The molecule has 1 heterocycles. The molecule has 0 amide bonds. The summed E-state index contributed by atoms with van der Waals surface area (Å²) in [7, 11) is 0.